The van der Waals surface area contributed by atoms with Gasteiger partial charge in [0.05, 0.1) is 19.6 Å². The van der Waals surface area contributed by atoms with Gasteiger partial charge < -0.3 is 9.47 Å². The lowest BCUT2D eigenvalue weighted by Crippen LogP contribution is -2.28. The van der Waals surface area contributed by atoms with Crippen LogP contribution in [0.25, 0.3) is 10.8 Å². The molecule has 0 fully saturated rings. The summed E-state index contributed by atoms with van der Waals surface area (Å²) in [5, 5.41) is 1.67. The molecule has 0 aliphatic rings. The Morgan fingerprint density at radius 2 is 0.962 bits per heavy atom. The first-order chi connectivity index (χ1) is 25.2. The Kier molecular flexibility index (Phi) is 10.6. The molecule has 0 heterocycles. The third kappa shape index (κ3) is 7.75. The molecular weight excluding hydrogens is 701 g/mol. The quantitative estimate of drug-likeness (QED) is 0.117. The van der Waals surface area contributed by atoms with Crippen molar-refractivity contribution in [3.63, 3.8) is 0 Å². The van der Waals surface area contributed by atoms with Crippen LogP contribution in [0.1, 0.15) is 70.6 Å². The van der Waals surface area contributed by atoms with Crippen molar-refractivity contribution in [2.75, 3.05) is 0 Å². The van der Waals surface area contributed by atoms with Crippen molar-refractivity contribution in [1.82, 2.24) is 0 Å². The minimum Gasteiger partial charge on any atom is -0.482 e. The number of ether oxygens (including phenoxy) is 2. The summed E-state index contributed by atoms with van der Waals surface area (Å²) >= 11 is 0. The van der Waals surface area contributed by atoms with Crippen molar-refractivity contribution < 1.29 is 26.3 Å². The zero-order valence-corrected chi connectivity index (χ0v) is 32.7. The number of fused-ring (bicyclic) bond motifs is 1. The summed E-state index contributed by atoms with van der Waals surface area (Å²) in [5.41, 5.74) is 2.17. The summed E-state index contributed by atoms with van der Waals surface area (Å²) in [5.74, 6) is 1.75. The molecule has 0 N–H and O–H groups in total. The first kappa shape index (κ1) is 37.8. The highest BCUT2D eigenvalue weighted by Gasteiger charge is 2.29. The highest BCUT2D eigenvalue weighted by molar-refractivity contribution is 7.91. The number of rotatable bonds is 13. The Morgan fingerprint density at radius 1 is 0.528 bits per heavy atom. The zero-order chi connectivity index (χ0) is 38.0. The van der Waals surface area contributed by atoms with Gasteiger partial charge in [0.2, 0.25) is 19.7 Å². The van der Waals surface area contributed by atoms with Crippen LogP contribution in [0.5, 0.6) is 17.2 Å². The summed E-state index contributed by atoms with van der Waals surface area (Å²) in [4.78, 5) is 0.930. The van der Waals surface area contributed by atoms with Gasteiger partial charge in [0.1, 0.15) is 22.8 Å². The van der Waals surface area contributed by atoms with Gasteiger partial charge in [-0.3, -0.25) is 0 Å². The van der Waals surface area contributed by atoms with Crippen molar-refractivity contribution >= 4 is 30.4 Å². The van der Waals surface area contributed by atoms with Gasteiger partial charge in [-0.15, -0.1) is 0 Å². The molecule has 0 amide bonds. The van der Waals surface area contributed by atoms with Gasteiger partial charge in [0.15, 0.2) is 0 Å². The van der Waals surface area contributed by atoms with Gasteiger partial charge in [-0.25, -0.2) is 16.8 Å². The molecule has 0 spiro atoms. The van der Waals surface area contributed by atoms with E-state index in [1.165, 1.54) is 0 Å². The largest absolute Gasteiger partial charge is 0.482 e. The zero-order valence-electron chi connectivity index (χ0n) is 31.1. The molecule has 0 aliphatic heterocycles. The predicted molar refractivity (Wildman–Crippen MR) is 212 cm³/mol. The Balaban J connectivity index is 1.21. The van der Waals surface area contributed by atoms with E-state index in [1.54, 1.807) is 72.8 Å². The van der Waals surface area contributed by atoms with E-state index in [-0.39, 0.29) is 25.0 Å². The molecule has 274 valence electrons. The van der Waals surface area contributed by atoms with Gasteiger partial charge in [-0.05, 0) is 116 Å². The first-order valence-corrected chi connectivity index (χ1v) is 20.9. The molecule has 1 unspecified atom stereocenters. The fraction of sp³-hybridized carbons (Fsp3) is 0.244. The Bertz CT molecular complexity index is 2430. The maximum Gasteiger partial charge on any atom is 0.206 e. The van der Waals surface area contributed by atoms with Crippen molar-refractivity contribution in [2.24, 2.45) is 0 Å². The van der Waals surface area contributed by atoms with Gasteiger partial charge in [0.25, 0.3) is 0 Å². The van der Waals surface area contributed by atoms with Gasteiger partial charge in [-0.1, -0.05) is 100 Å². The van der Waals surface area contributed by atoms with Gasteiger partial charge in [-0.2, -0.15) is 0 Å². The van der Waals surface area contributed by atoms with Crippen LogP contribution in [-0.4, -0.2) is 16.8 Å². The number of aryl methyl sites for hydroxylation is 1. The Labute approximate surface area is 314 Å². The molecule has 1 atom stereocenters. The predicted octanol–water partition coefficient (Wildman–Crippen LogP) is 11.4. The van der Waals surface area contributed by atoms with Crippen LogP contribution in [0.2, 0.25) is 0 Å². The van der Waals surface area contributed by atoms with Crippen molar-refractivity contribution in [3.05, 3.63) is 150 Å². The van der Waals surface area contributed by atoms with Crippen molar-refractivity contribution in [3.8, 4) is 17.2 Å². The van der Waals surface area contributed by atoms with E-state index >= 15 is 0 Å². The third-order valence-corrected chi connectivity index (χ3v) is 13.7. The lowest BCUT2D eigenvalue weighted by Gasteiger charge is -2.31. The molecule has 6 aromatic rings. The molecule has 0 saturated carbocycles. The summed E-state index contributed by atoms with van der Waals surface area (Å²) in [6.07, 6.45) is 2.69. The van der Waals surface area contributed by atoms with Crippen LogP contribution in [-0.2, 0) is 30.7 Å². The highest BCUT2D eigenvalue weighted by Crippen LogP contribution is 2.40. The molecule has 6 rings (SSSR count). The van der Waals surface area contributed by atoms with Gasteiger partial charge >= 0.3 is 0 Å². The summed E-state index contributed by atoms with van der Waals surface area (Å²) in [7, 11) is -7.37. The van der Waals surface area contributed by atoms with Crippen molar-refractivity contribution in [2.45, 2.75) is 91.4 Å². The highest BCUT2D eigenvalue weighted by atomic mass is 32.2. The second-order valence-corrected chi connectivity index (χ2v) is 18.3. The van der Waals surface area contributed by atoms with Crippen LogP contribution in [0.15, 0.2) is 153 Å². The summed E-state index contributed by atoms with van der Waals surface area (Å²) in [6, 6.07) is 38.9. The molecular formula is C45H46O6S2. The van der Waals surface area contributed by atoms with Crippen LogP contribution >= 0.6 is 0 Å². The second-order valence-electron chi connectivity index (χ2n) is 14.4. The second kappa shape index (κ2) is 14.8. The normalized spacial score (nSPS) is 13.4. The molecule has 0 aromatic heterocycles. The van der Waals surface area contributed by atoms with E-state index in [4.69, 9.17) is 9.47 Å². The fourth-order valence-corrected chi connectivity index (χ4v) is 9.17. The van der Waals surface area contributed by atoms with Crippen LogP contribution < -0.4 is 9.47 Å². The third-order valence-electron chi connectivity index (χ3n) is 10.1. The van der Waals surface area contributed by atoms with E-state index < -0.39 is 25.3 Å². The molecule has 53 heavy (non-hydrogen) atoms. The number of sulfone groups is 2. The minimum atomic E-state index is -3.71. The minimum absolute atomic E-state index is 0.0257. The topological polar surface area (TPSA) is 86.7 Å². The molecule has 6 nitrogen and oxygen atoms in total. The first-order valence-electron chi connectivity index (χ1n) is 17.9. The molecule has 8 heteroatoms. The molecule has 0 radical (unpaired) electrons. The van der Waals surface area contributed by atoms with Crippen LogP contribution in [0, 0.1) is 6.92 Å². The molecule has 0 bridgehead atoms. The van der Waals surface area contributed by atoms with E-state index in [0.717, 1.165) is 40.3 Å². The Morgan fingerprint density at radius 3 is 1.45 bits per heavy atom. The number of hydrogen-bond acceptors (Lipinski definition) is 6. The van der Waals surface area contributed by atoms with E-state index in [2.05, 4.69) is 20.8 Å². The average Bonchev–Trinajstić information content (AvgIpc) is 3.16. The number of hydrogen-bond donors (Lipinski definition) is 0. The van der Waals surface area contributed by atoms with Crippen molar-refractivity contribution in [1.29, 1.82) is 0 Å². The monoisotopic (exact) mass is 746 g/mol. The van der Waals surface area contributed by atoms with E-state index in [1.807, 2.05) is 81.4 Å². The lowest BCUT2D eigenvalue weighted by molar-refractivity contribution is 0.0844. The Hall–Kier alpha value is -4.92. The van der Waals surface area contributed by atoms with Crippen LogP contribution in [0.4, 0.5) is 0 Å². The fourth-order valence-electron chi connectivity index (χ4n) is 6.64. The number of benzene rings is 6. The van der Waals surface area contributed by atoms with E-state index in [9.17, 15) is 16.8 Å². The standard InChI is InChI=1S/C45H46O6S2/c1-7-31-44(4,5)33-15-23-37(24-16-33)53(48,49)39-27-19-35(20-28-39)50-42-29-30-43(41-12-10-9-11-40(41)42)51-45(6,8-2)34-17-25-38(26-18-34)52(46,47)36-21-13-32(3)14-22-36/h9-30H,7-8,31H2,1-6H3. The smallest absolute Gasteiger partial charge is 0.206 e. The maximum atomic E-state index is 13.5. The van der Waals surface area contributed by atoms with Gasteiger partial charge in [0, 0.05) is 10.8 Å². The van der Waals surface area contributed by atoms with E-state index in [0.29, 0.717) is 23.7 Å². The SMILES string of the molecule is CCCC(C)(C)c1ccc(S(=O)(=O)c2ccc(Oc3ccc(OC(C)(CC)c4ccc(S(=O)(=O)c5ccc(C)cc5)cc4)c4ccccc34)cc2)cc1. The average molecular weight is 747 g/mol. The summed E-state index contributed by atoms with van der Waals surface area (Å²) in [6.45, 7) is 12.4. The maximum absolute atomic E-state index is 13.5. The summed E-state index contributed by atoms with van der Waals surface area (Å²) < 4.78 is 66.6. The molecule has 0 aliphatic carbocycles. The van der Waals surface area contributed by atoms with Crippen LogP contribution in [0.3, 0.4) is 0 Å². The molecule has 0 saturated heterocycles. The lowest BCUT2D eigenvalue weighted by atomic mass is 9.81. The molecule has 6 aromatic carbocycles.